The standard InChI is InChI=1S/C24H24F3N3O4/c1-12(29-18-9-14(25)8-17(26)22(18)27)15-6-13(24(28)32)7-16-19(31)10-20(34-23(15)16)21-11-30(2,3)4-5-33-21/h6-10,12,21,29H,4-5,11H2,1-3H3,(H-,28,32)/p+1. The Balaban J connectivity index is 1.84. The summed E-state index contributed by atoms with van der Waals surface area (Å²) >= 11 is 0. The van der Waals surface area contributed by atoms with Gasteiger partial charge in [0.1, 0.15) is 30.3 Å². The highest BCUT2D eigenvalue weighted by Crippen LogP contribution is 2.32. The fraction of sp³-hybridized carbons (Fsp3) is 0.333. The summed E-state index contributed by atoms with van der Waals surface area (Å²) in [6.07, 6.45) is -0.470. The topological polar surface area (TPSA) is 94.6 Å². The second-order valence-electron chi connectivity index (χ2n) is 9.14. The predicted octanol–water partition coefficient (Wildman–Crippen LogP) is 3.63. The molecule has 1 fully saturated rings. The molecule has 0 bridgehead atoms. The molecule has 180 valence electrons. The number of anilines is 1. The number of hydrogen-bond acceptors (Lipinski definition) is 5. The second kappa shape index (κ2) is 8.77. The minimum Gasteiger partial charge on any atom is -0.457 e. The van der Waals surface area contributed by atoms with Gasteiger partial charge in [-0.15, -0.1) is 0 Å². The van der Waals surface area contributed by atoms with Crippen LogP contribution in [-0.2, 0) is 4.74 Å². The van der Waals surface area contributed by atoms with E-state index in [0.717, 1.165) is 12.6 Å². The van der Waals surface area contributed by atoms with E-state index >= 15 is 0 Å². The van der Waals surface area contributed by atoms with Crippen LogP contribution in [0.15, 0.2) is 39.5 Å². The smallest absolute Gasteiger partial charge is 0.248 e. The number of fused-ring (bicyclic) bond motifs is 1. The number of nitrogens with zero attached hydrogens (tertiary/aromatic N) is 1. The number of likely N-dealkylation sites (N-methyl/N-ethyl adjacent to an activating group) is 1. The molecule has 0 aliphatic carbocycles. The van der Waals surface area contributed by atoms with E-state index in [1.54, 1.807) is 6.92 Å². The summed E-state index contributed by atoms with van der Waals surface area (Å²) in [5.74, 6) is -4.05. The van der Waals surface area contributed by atoms with Crippen LogP contribution in [-0.4, -0.2) is 44.2 Å². The Morgan fingerprint density at radius 3 is 2.59 bits per heavy atom. The Morgan fingerprint density at radius 2 is 1.91 bits per heavy atom. The number of carbonyl (C=O) groups excluding carboxylic acids is 1. The Bertz CT molecular complexity index is 1340. The van der Waals surface area contributed by atoms with Crippen LogP contribution in [0.1, 0.15) is 40.8 Å². The molecule has 1 aliphatic rings. The van der Waals surface area contributed by atoms with E-state index in [2.05, 4.69) is 5.32 Å². The first-order valence-corrected chi connectivity index (χ1v) is 10.7. The normalized spacial score (nSPS) is 18.6. The summed E-state index contributed by atoms with van der Waals surface area (Å²) in [7, 11) is 4.08. The van der Waals surface area contributed by atoms with E-state index < -0.39 is 46.6 Å². The summed E-state index contributed by atoms with van der Waals surface area (Å²) < 4.78 is 54.2. The SMILES string of the molecule is CC(Nc1cc(F)cc(F)c1F)c1cc(C(N)=O)cc2c(=O)cc(C3C[N+](C)(C)CCO3)oc12. The largest absolute Gasteiger partial charge is 0.457 e. The third-order valence-electron chi connectivity index (χ3n) is 5.99. The van der Waals surface area contributed by atoms with Gasteiger partial charge in [-0.05, 0) is 19.1 Å². The zero-order valence-corrected chi connectivity index (χ0v) is 19.0. The molecule has 1 saturated heterocycles. The van der Waals surface area contributed by atoms with E-state index in [1.165, 1.54) is 18.2 Å². The van der Waals surface area contributed by atoms with Gasteiger partial charge in [-0.2, -0.15) is 0 Å². The van der Waals surface area contributed by atoms with Gasteiger partial charge in [0.15, 0.2) is 23.2 Å². The van der Waals surface area contributed by atoms with Crippen LogP contribution in [0.4, 0.5) is 18.9 Å². The average Bonchev–Trinajstić information content (AvgIpc) is 2.75. The molecule has 1 aliphatic heterocycles. The van der Waals surface area contributed by atoms with Crippen molar-refractivity contribution in [2.24, 2.45) is 5.73 Å². The quantitative estimate of drug-likeness (QED) is 0.433. The van der Waals surface area contributed by atoms with Crippen LogP contribution in [0.5, 0.6) is 0 Å². The van der Waals surface area contributed by atoms with Gasteiger partial charge in [0.25, 0.3) is 0 Å². The number of nitrogens with one attached hydrogen (secondary N) is 1. The zero-order valence-electron chi connectivity index (χ0n) is 19.0. The van der Waals surface area contributed by atoms with Crippen molar-refractivity contribution in [2.75, 3.05) is 39.1 Å². The number of morpholine rings is 1. The molecule has 2 aromatic carbocycles. The highest BCUT2D eigenvalue weighted by Gasteiger charge is 2.32. The number of benzene rings is 2. The molecule has 3 aromatic rings. The van der Waals surface area contributed by atoms with Gasteiger partial charge in [0, 0.05) is 29.3 Å². The first-order chi connectivity index (χ1) is 15.9. The van der Waals surface area contributed by atoms with Crippen LogP contribution in [0, 0.1) is 17.5 Å². The van der Waals surface area contributed by atoms with Gasteiger partial charge in [0.2, 0.25) is 5.91 Å². The van der Waals surface area contributed by atoms with E-state index in [-0.39, 0.29) is 16.5 Å². The molecule has 2 atom stereocenters. The van der Waals surface area contributed by atoms with Crippen LogP contribution in [0.25, 0.3) is 11.0 Å². The lowest BCUT2D eigenvalue weighted by atomic mass is 9.99. The Labute approximate surface area is 193 Å². The van der Waals surface area contributed by atoms with Crippen LogP contribution in [0.2, 0.25) is 0 Å². The Kier molecular flexibility index (Phi) is 6.13. The van der Waals surface area contributed by atoms with E-state index in [0.29, 0.717) is 35.0 Å². The molecule has 0 saturated carbocycles. The van der Waals surface area contributed by atoms with Crippen molar-refractivity contribution in [1.82, 2.24) is 0 Å². The average molecular weight is 476 g/mol. The minimum atomic E-state index is -1.35. The second-order valence-corrected chi connectivity index (χ2v) is 9.14. The molecule has 4 rings (SSSR count). The number of nitrogens with two attached hydrogens (primary N) is 1. The maximum Gasteiger partial charge on any atom is 0.248 e. The fourth-order valence-electron chi connectivity index (χ4n) is 4.10. The van der Waals surface area contributed by atoms with Crippen molar-refractivity contribution < 1.29 is 31.6 Å². The highest BCUT2D eigenvalue weighted by atomic mass is 19.2. The minimum absolute atomic E-state index is 0.0359. The number of primary amides is 1. The van der Waals surface area contributed by atoms with Gasteiger partial charge in [-0.1, -0.05) is 0 Å². The lowest BCUT2D eigenvalue weighted by Crippen LogP contribution is -2.49. The van der Waals surface area contributed by atoms with E-state index in [9.17, 15) is 22.8 Å². The van der Waals surface area contributed by atoms with Crippen molar-refractivity contribution in [2.45, 2.75) is 19.1 Å². The number of quaternary nitrogens is 1. The van der Waals surface area contributed by atoms with Crippen LogP contribution in [0.3, 0.4) is 0 Å². The van der Waals surface area contributed by atoms with Gasteiger partial charge < -0.3 is 24.7 Å². The third-order valence-corrected chi connectivity index (χ3v) is 5.99. The number of ether oxygens (including phenoxy) is 1. The number of rotatable bonds is 5. The van der Waals surface area contributed by atoms with Gasteiger partial charge in [-0.25, -0.2) is 13.2 Å². The van der Waals surface area contributed by atoms with Crippen LogP contribution >= 0.6 is 0 Å². The molecule has 2 heterocycles. The molecule has 1 aromatic heterocycles. The number of carbonyl (C=O) groups is 1. The zero-order chi connectivity index (χ0) is 24.8. The maximum atomic E-state index is 14.3. The van der Waals surface area contributed by atoms with Gasteiger partial charge in [0.05, 0.1) is 37.8 Å². The monoisotopic (exact) mass is 476 g/mol. The lowest BCUT2D eigenvalue weighted by Gasteiger charge is -2.37. The maximum absolute atomic E-state index is 14.3. The summed E-state index contributed by atoms with van der Waals surface area (Å²) in [6, 6.07) is 4.48. The Morgan fingerprint density at radius 1 is 1.18 bits per heavy atom. The molecule has 3 N–H and O–H groups in total. The predicted molar refractivity (Wildman–Crippen MR) is 120 cm³/mol. The molecule has 10 heteroatoms. The molecule has 0 spiro atoms. The van der Waals surface area contributed by atoms with Crippen molar-refractivity contribution >= 4 is 22.6 Å². The molecule has 7 nitrogen and oxygen atoms in total. The van der Waals surface area contributed by atoms with E-state index in [1.807, 2.05) is 14.1 Å². The van der Waals surface area contributed by atoms with Gasteiger partial charge >= 0.3 is 0 Å². The lowest BCUT2D eigenvalue weighted by molar-refractivity contribution is -0.902. The van der Waals surface area contributed by atoms with Gasteiger partial charge in [-0.3, -0.25) is 9.59 Å². The van der Waals surface area contributed by atoms with E-state index in [4.69, 9.17) is 14.9 Å². The summed E-state index contributed by atoms with van der Waals surface area (Å²) in [4.78, 5) is 24.9. The molecule has 0 radical (unpaired) electrons. The highest BCUT2D eigenvalue weighted by molar-refractivity contribution is 5.97. The molecule has 34 heavy (non-hydrogen) atoms. The summed E-state index contributed by atoms with van der Waals surface area (Å²) in [5.41, 5.74) is 5.09. The number of halogens is 3. The van der Waals surface area contributed by atoms with Crippen molar-refractivity contribution in [1.29, 1.82) is 0 Å². The number of hydrogen-bond donors (Lipinski definition) is 2. The summed E-state index contributed by atoms with van der Waals surface area (Å²) in [6.45, 7) is 3.43. The molecular weight excluding hydrogens is 451 g/mol. The first kappa shape index (κ1) is 23.8. The number of amides is 1. The summed E-state index contributed by atoms with van der Waals surface area (Å²) in [5, 5.41) is 2.79. The molecule has 1 amide bonds. The molecule has 2 unspecified atom stereocenters. The van der Waals surface area contributed by atoms with Crippen LogP contribution < -0.4 is 16.5 Å². The van der Waals surface area contributed by atoms with Crippen molar-refractivity contribution in [3.63, 3.8) is 0 Å². The van der Waals surface area contributed by atoms with Crippen molar-refractivity contribution in [3.05, 3.63) is 74.9 Å². The first-order valence-electron chi connectivity index (χ1n) is 10.7. The fourth-order valence-corrected chi connectivity index (χ4v) is 4.10. The van der Waals surface area contributed by atoms with Crippen molar-refractivity contribution in [3.8, 4) is 0 Å². The Hall–Kier alpha value is -3.37. The molecular formula is C24H25F3N3O4+. The third kappa shape index (κ3) is 4.64.